The van der Waals surface area contributed by atoms with Gasteiger partial charge in [0.05, 0.1) is 6.42 Å². The molecule has 1 unspecified atom stereocenters. The Hall–Kier alpha value is -1.68. The lowest BCUT2D eigenvalue weighted by Crippen LogP contribution is -2.30. The number of likely N-dealkylation sites (tertiary alicyclic amines) is 1. The zero-order valence-electron chi connectivity index (χ0n) is 11.8. The summed E-state index contributed by atoms with van der Waals surface area (Å²) in [5.41, 5.74) is 1.93. The van der Waals surface area contributed by atoms with E-state index in [-0.39, 0.29) is 12.2 Å². The Bertz CT molecular complexity index is 498. The van der Waals surface area contributed by atoms with Crippen molar-refractivity contribution in [2.45, 2.75) is 45.2 Å². The van der Waals surface area contributed by atoms with Crippen molar-refractivity contribution >= 4 is 11.8 Å². The zero-order valence-corrected chi connectivity index (χ0v) is 11.8. The maximum absolute atomic E-state index is 11.3. The van der Waals surface area contributed by atoms with Gasteiger partial charge in [0.1, 0.15) is 5.78 Å². The first-order valence-corrected chi connectivity index (χ1v) is 7.08. The van der Waals surface area contributed by atoms with Crippen molar-refractivity contribution in [3.05, 3.63) is 35.4 Å². The third kappa shape index (κ3) is 3.90. The van der Waals surface area contributed by atoms with Crippen LogP contribution in [0.1, 0.15) is 37.3 Å². The Morgan fingerprint density at radius 1 is 1.30 bits per heavy atom. The van der Waals surface area contributed by atoms with Gasteiger partial charge in [-0.25, -0.2) is 0 Å². The first-order valence-electron chi connectivity index (χ1n) is 7.08. The summed E-state index contributed by atoms with van der Waals surface area (Å²) in [7, 11) is 0. The van der Waals surface area contributed by atoms with Crippen molar-refractivity contribution in [3.8, 4) is 0 Å². The van der Waals surface area contributed by atoms with Crippen LogP contribution in [0.25, 0.3) is 0 Å². The fraction of sp³-hybridized carbons (Fsp3) is 0.500. The molecule has 1 aliphatic rings. The standard InChI is InChI=1S/C16H21NO3/c1-12(18)9-15-7-4-8-17(15)11-14-6-3-2-5-13(14)10-16(19)20/h2-3,5-6,15H,4,7-11H2,1H3,(H,19,20). The average Bonchev–Trinajstić information content (AvgIpc) is 2.78. The van der Waals surface area contributed by atoms with Gasteiger partial charge in [-0.1, -0.05) is 24.3 Å². The molecule has 0 amide bonds. The maximum Gasteiger partial charge on any atom is 0.307 e. The number of Topliss-reactive ketones (excluding diaryl/α,β-unsaturated/α-hetero) is 1. The fourth-order valence-corrected chi connectivity index (χ4v) is 2.93. The third-order valence-electron chi connectivity index (χ3n) is 3.86. The molecule has 108 valence electrons. The molecule has 1 saturated heterocycles. The number of carboxylic acids is 1. The van der Waals surface area contributed by atoms with Crippen LogP contribution in [0.3, 0.4) is 0 Å². The highest BCUT2D eigenvalue weighted by atomic mass is 16.4. The van der Waals surface area contributed by atoms with Crippen molar-refractivity contribution in [2.75, 3.05) is 6.54 Å². The molecule has 4 heteroatoms. The van der Waals surface area contributed by atoms with Gasteiger partial charge < -0.3 is 5.11 Å². The molecule has 20 heavy (non-hydrogen) atoms. The van der Waals surface area contributed by atoms with E-state index in [1.54, 1.807) is 6.92 Å². The summed E-state index contributed by atoms with van der Waals surface area (Å²) >= 11 is 0. The molecule has 0 radical (unpaired) electrons. The van der Waals surface area contributed by atoms with Crippen LogP contribution in [-0.2, 0) is 22.6 Å². The summed E-state index contributed by atoms with van der Waals surface area (Å²) in [5, 5.41) is 8.96. The van der Waals surface area contributed by atoms with Crippen LogP contribution in [-0.4, -0.2) is 34.3 Å². The molecule has 1 heterocycles. The first kappa shape index (κ1) is 14.7. The predicted octanol–water partition coefficient (Wildman–Crippen LogP) is 2.26. The van der Waals surface area contributed by atoms with Crippen molar-refractivity contribution < 1.29 is 14.7 Å². The van der Waals surface area contributed by atoms with Gasteiger partial charge >= 0.3 is 5.97 Å². The Kier molecular flexibility index (Phi) is 4.90. The molecule has 1 aliphatic heterocycles. The van der Waals surface area contributed by atoms with Crippen LogP contribution < -0.4 is 0 Å². The van der Waals surface area contributed by atoms with E-state index in [1.165, 1.54) is 0 Å². The van der Waals surface area contributed by atoms with Crippen molar-refractivity contribution in [2.24, 2.45) is 0 Å². The van der Waals surface area contributed by atoms with Gasteiger partial charge in [0.2, 0.25) is 0 Å². The van der Waals surface area contributed by atoms with Crippen LogP contribution >= 0.6 is 0 Å². The lowest BCUT2D eigenvalue weighted by molar-refractivity contribution is -0.136. The van der Waals surface area contributed by atoms with Crippen molar-refractivity contribution in [1.82, 2.24) is 4.90 Å². The lowest BCUT2D eigenvalue weighted by atomic mass is 10.0. The summed E-state index contributed by atoms with van der Waals surface area (Å²) in [6, 6.07) is 7.99. The average molecular weight is 275 g/mol. The Balaban J connectivity index is 2.09. The molecule has 1 aromatic rings. The number of benzene rings is 1. The summed E-state index contributed by atoms with van der Waals surface area (Å²) in [4.78, 5) is 24.5. The van der Waals surface area contributed by atoms with E-state index in [0.717, 1.165) is 37.1 Å². The van der Waals surface area contributed by atoms with Crippen LogP contribution in [0.2, 0.25) is 0 Å². The predicted molar refractivity (Wildman–Crippen MR) is 76.5 cm³/mol. The number of rotatable bonds is 6. The molecular weight excluding hydrogens is 254 g/mol. The Morgan fingerprint density at radius 2 is 2.00 bits per heavy atom. The van der Waals surface area contributed by atoms with Crippen LogP contribution in [0, 0.1) is 0 Å². The summed E-state index contributed by atoms with van der Waals surface area (Å²) < 4.78 is 0. The summed E-state index contributed by atoms with van der Waals surface area (Å²) in [6.07, 6.45) is 2.82. The van der Waals surface area contributed by atoms with E-state index in [2.05, 4.69) is 4.90 Å². The fourth-order valence-electron chi connectivity index (χ4n) is 2.93. The molecule has 4 nitrogen and oxygen atoms in total. The molecule has 1 aromatic carbocycles. The number of aliphatic carboxylic acids is 1. The highest BCUT2D eigenvalue weighted by Crippen LogP contribution is 2.24. The zero-order chi connectivity index (χ0) is 14.5. The second-order valence-electron chi connectivity index (χ2n) is 5.51. The van der Waals surface area contributed by atoms with E-state index in [0.29, 0.717) is 12.5 Å². The largest absolute Gasteiger partial charge is 0.481 e. The molecule has 0 spiro atoms. The minimum atomic E-state index is -0.806. The third-order valence-corrected chi connectivity index (χ3v) is 3.86. The molecule has 1 atom stereocenters. The minimum Gasteiger partial charge on any atom is -0.481 e. The quantitative estimate of drug-likeness (QED) is 0.865. The maximum atomic E-state index is 11.3. The van der Waals surface area contributed by atoms with Gasteiger partial charge in [-0.3, -0.25) is 14.5 Å². The minimum absolute atomic E-state index is 0.0569. The monoisotopic (exact) mass is 275 g/mol. The number of nitrogens with zero attached hydrogens (tertiary/aromatic N) is 1. The van der Waals surface area contributed by atoms with Crippen LogP contribution in [0.4, 0.5) is 0 Å². The van der Waals surface area contributed by atoms with Crippen LogP contribution in [0.15, 0.2) is 24.3 Å². The molecule has 0 saturated carbocycles. The van der Waals surface area contributed by atoms with Gasteiger partial charge in [0.15, 0.2) is 0 Å². The molecule has 1 fully saturated rings. The van der Waals surface area contributed by atoms with E-state index < -0.39 is 5.97 Å². The number of hydrogen-bond donors (Lipinski definition) is 1. The normalized spacial score (nSPS) is 19.1. The van der Waals surface area contributed by atoms with Gasteiger partial charge in [0.25, 0.3) is 0 Å². The Morgan fingerprint density at radius 3 is 2.65 bits per heavy atom. The van der Waals surface area contributed by atoms with Gasteiger partial charge in [-0.05, 0) is 37.4 Å². The van der Waals surface area contributed by atoms with E-state index >= 15 is 0 Å². The Labute approximate surface area is 119 Å². The summed E-state index contributed by atoms with van der Waals surface area (Å²) in [5.74, 6) is -0.583. The number of carbonyl (C=O) groups excluding carboxylic acids is 1. The highest BCUT2D eigenvalue weighted by Gasteiger charge is 2.26. The SMILES string of the molecule is CC(=O)CC1CCCN1Cc1ccccc1CC(=O)O. The topological polar surface area (TPSA) is 57.6 Å². The van der Waals surface area contributed by atoms with Gasteiger partial charge in [-0.15, -0.1) is 0 Å². The lowest BCUT2D eigenvalue weighted by Gasteiger charge is -2.24. The highest BCUT2D eigenvalue weighted by molar-refractivity contribution is 5.76. The second-order valence-corrected chi connectivity index (χ2v) is 5.51. The molecular formula is C16H21NO3. The van der Waals surface area contributed by atoms with Crippen molar-refractivity contribution in [1.29, 1.82) is 0 Å². The van der Waals surface area contributed by atoms with Gasteiger partial charge in [0, 0.05) is 19.0 Å². The van der Waals surface area contributed by atoms with Gasteiger partial charge in [-0.2, -0.15) is 0 Å². The summed E-state index contributed by atoms with van der Waals surface area (Å²) in [6.45, 7) is 3.36. The number of carboxylic acid groups (broad SMARTS) is 1. The van der Waals surface area contributed by atoms with E-state index in [4.69, 9.17) is 5.11 Å². The number of hydrogen-bond acceptors (Lipinski definition) is 3. The molecule has 1 N–H and O–H groups in total. The van der Waals surface area contributed by atoms with Crippen molar-refractivity contribution in [3.63, 3.8) is 0 Å². The van der Waals surface area contributed by atoms with Crippen LogP contribution in [0.5, 0.6) is 0 Å². The number of ketones is 1. The van der Waals surface area contributed by atoms with E-state index in [1.807, 2.05) is 24.3 Å². The molecule has 0 bridgehead atoms. The first-order chi connectivity index (χ1) is 9.56. The second kappa shape index (κ2) is 6.66. The number of carbonyl (C=O) groups is 2. The van der Waals surface area contributed by atoms with E-state index in [9.17, 15) is 9.59 Å². The molecule has 0 aliphatic carbocycles. The smallest absolute Gasteiger partial charge is 0.307 e. The molecule has 2 rings (SSSR count). The molecule has 0 aromatic heterocycles.